The van der Waals surface area contributed by atoms with Crippen molar-refractivity contribution in [3.63, 3.8) is 0 Å². The highest BCUT2D eigenvalue weighted by atomic mass is 32.1. The normalized spacial score (nSPS) is 27.5. The Hall–Kier alpha value is -0.240. The summed E-state index contributed by atoms with van der Waals surface area (Å²) >= 11 is 4.49. The maximum absolute atomic E-state index is 5.39. The van der Waals surface area contributed by atoms with Gasteiger partial charge in [0.05, 0.1) is 17.3 Å². The summed E-state index contributed by atoms with van der Waals surface area (Å²) in [4.78, 5) is 3.95. The molecule has 10 heavy (non-hydrogen) atoms. The van der Waals surface area contributed by atoms with Gasteiger partial charge in [0.2, 0.25) is 0 Å². The van der Waals surface area contributed by atoms with Crippen molar-refractivity contribution in [2.45, 2.75) is 31.9 Å². The fraction of sp³-hybridized carbons (Fsp3) is 0.857. The number of ether oxygens (including phenoxy) is 1. The van der Waals surface area contributed by atoms with E-state index in [-0.39, 0.29) is 12.1 Å². The molecule has 0 bridgehead atoms. The van der Waals surface area contributed by atoms with Crippen LogP contribution in [-0.4, -0.2) is 23.9 Å². The molecule has 1 unspecified atom stereocenters. The van der Waals surface area contributed by atoms with E-state index in [2.05, 4.69) is 22.4 Å². The maximum atomic E-state index is 5.39. The molecule has 0 aromatic carbocycles. The van der Waals surface area contributed by atoms with Gasteiger partial charge in [0, 0.05) is 6.61 Å². The van der Waals surface area contributed by atoms with Crippen LogP contribution in [-0.2, 0) is 4.74 Å². The largest absolute Gasteiger partial charge is 0.376 e. The summed E-state index contributed by atoms with van der Waals surface area (Å²) in [6.07, 6.45) is 2.55. The van der Waals surface area contributed by atoms with Crippen LogP contribution in [0.25, 0.3) is 0 Å². The van der Waals surface area contributed by atoms with Crippen molar-refractivity contribution in [1.29, 1.82) is 0 Å². The van der Waals surface area contributed by atoms with Gasteiger partial charge < -0.3 is 4.74 Å². The number of hydrogen-bond acceptors (Lipinski definition) is 3. The van der Waals surface area contributed by atoms with Crippen LogP contribution in [0.4, 0.5) is 0 Å². The zero-order valence-electron chi connectivity index (χ0n) is 6.04. The highest BCUT2D eigenvalue weighted by molar-refractivity contribution is 7.78. The fourth-order valence-corrected chi connectivity index (χ4v) is 1.32. The molecule has 0 aromatic heterocycles. The van der Waals surface area contributed by atoms with Crippen molar-refractivity contribution < 1.29 is 4.74 Å². The Morgan fingerprint density at radius 3 is 3.10 bits per heavy atom. The first-order chi connectivity index (χ1) is 4.84. The van der Waals surface area contributed by atoms with Crippen molar-refractivity contribution >= 4 is 17.4 Å². The van der Waals surface area contributed by atoms with Crippen LogP contribution in [0.3, 0.4) is 0 Å². The predicted molar refractivity (Wildman–Crippen MR) is 43.5 cm³/mol. The standard InChI is InChI=1S/C7H11NOS/c1-6(8-5-10)7-3-2-4-9-7/h6-7H,2-4H2,1H3/t6?,7-/m1/s1. The van der Waals surface area contributed by atoms with Crippen molar-refractivity contribution in [2.75, 3.05) is 6.61 Å². The monoisotopic (exact) mass is 157 g/mol. The molecule has 1 rings (SSSR count). The van der Waals surface area contributed by atoms with E-state index in [9.17, 15) is 0 Å². The first-order valence-electron chi connectivity index (χ1n) is 3.53. The summed E-state index contributed by atoms with van der Waals surface area (Å²) < 4.78 is 5.39. The molecule has 0 spiro atoms. The molecule has 1 aliphatic heterocycles. The van der Waals surface area contributed by atoms with Crippen LogP contribution < -0.4 is 0 Å². The highest BCUT2D eigenvalue weighted by Crippen LogP contribution is 2.16. The first kappa shape index (κ1) is 7.86. The van der Waals surface area contributed by atoms with Gasteiger partial charge in [-0.2, -0.15) is 0 Å². The summed E-state index contributed by atoms with van der Waals surface area (Å²) in [6.45, 7) is 2.89. The zero-order chi connectivity index (χ0) is 7.40. The molecule has 0 N–H and O–H groups in total. The second kappa shape index (κ2) is 3.81. The Balaban J connectivity index is 2.39. The molecule has 0 aromatic rings. The van der Waals surface area contributed by atoms with Gasteiger partial charge in [0.1, 0.15) is 0 Å². The van der Waals surface area contributed by atoms with Gasteiger partial charge in [-0.3, -0.25) is 0 Å². The quantitative estimate of drug-likeness (QED) is 0.449. The molecule has 1 heterocycles. The van der Waals surface area contributed by atoms with E-state index in [0.717, 1.165) is 19.4 Å². The van der Waals surface area contributed by atoms with Crippen LogP contribution in [0.15, 0.2) is 4.99 Å². The number of hydrogen-bond donors (Lipinski definition) is 0. The lowest BCUT2D eigenvalue weighted by molar-refractivity contribution is 0.0955. The van der Waals surface area contributed by atoms with Gasteiger partial charge in [-0.15, -0.1) is 0 Å². The van der Waals surface area contributed by atoms with Crippen LogP contribution in [0.2, 0.25) is 0 Å². The van der Waals surface area contributed by atoms with E-state index in [1.165, 1.54) is 0 Å². The number of nitrogens with zero attached hydrogens (tertiary/aromatic N) is 1. The topological polar surface area (TPSA) is 21.6 Å². The Kier molecular flexibility index (Phi) is 3.00. The van der Waals surface area contributed by atoms with Crippen molar-refractivity contribution in [3.05, 3.63) is 0 Å². The van der Waals surface area contributed by atoms with Crippen LogP contribution in [0.1, 0.15) is 19.8 Å². The van der Waals surface area contributed by atoms with Gasteiger partial charge in [0.15, 0.2) is 0 Å². The lowest BCUT2D eigenvalue weighted by Gasteiger charge is -2.11. The fourth-order valence-electron chi connectivity index (χ4n) is 1.15. The number of rotatable bonds is 2. The molecule has 56 valence electrons. The van der Waals surface area contributed by atoms with E-state index in [1.807, 2.05) is 6.92 Å². The third-order valence-corrected chi connectivity index (χ3v) is 1.86. The third-order valence-electron chi connectivity index (χ3n) is 1.76. The SMILES string of the molecule is CC(N=C=S)[C@H]1CCCO1. The maximum Gasteiger partial charge on any atom is 0.0836 e. The molecule has 0 amide bonds. The molecular formula is C7H11NOS. The van der Waals surface area contributed by atoms with Gasteiger partial charge >= 0.3 is 0 Å². The van der Waals surface area contributed by atoms with Crippen LogP contribution >= 0.6 is 12.2 Å². The summed E-state index contributed by atoms with van der Waals surface area (Å²) in [7, 11) is 0. The Morgan fingerprint density at radius 1 is 1.80 bits per heavy atom. The lowest BCUT2D eigenvalue weighted by Crippen LogP contribution is -2.19. The van der Waals surface area contributed by atoms with E-state index in [0.29, 0.717) is 0 Å². The zero-order valence-corrected chi connectivity index (χ0v) is 6.86. The molecule has 2 nitrogen and oxygen atoms in total. The average molecular weight is 157 g/mol. The summed E-state index contributed by atoms with van der Waals surface area (Å²) in [5, 5.41) is 2.37. The Bertz CT molecular complexity index is 148. The Labute approximate surface area is 66.3 Å². The lowest BCUT2D eigenvalue weighted by atomic mass is 10.1. The third kappa shape index (κ3) is 1.87. The molecule has 1 fully saturated rings. The molecule has 1 saturated heterocycles. The summed E-state index contributed by atoms with van der Waals surface area (Å²) in [5.74, 6) is 0. The van der Waals surface area contributed by atoms with Gasteiger partial charge in [0.25, 0.3) is 0 Å². The number of isothiocyanates is 1. The minimum atomic E-state index is 0.194. The second-order valence-corrected chi connectivity index (χ2v) is 2.70. The average Bonchev–Trinajstić information content (AvgIpc) is 2.38. The molecule has 0 aliphatic carbocycles. The minimum Gasteiger partial charge on any atom is -0.376 e. The van der Waals surface area contributed by atoms with E-state index < -0.39 is 0 Å². The van der Waals surface area contributed by atoms with Crippen molar-refractivity contribution in [3.8, 4) is 0 Å². The molecule has 3 heteroatoms. The highest BCUT2D eigenvalue weighted by Gasteiger charge is 2.21. The Morgan fingerprint density at radius 2 is 2.60 bits per heavy atom. The van der Waals surface area contributed by atoms with Crippen LogP contribution in [0.5, 0.6) is 0 Å². The smallest absolute Gasteiger partial charge is 0.0836 e. The van der Waals surface area contributed by atoms with Gasteiger partial charge in [-0.1, -0.05) is 0 Å². The van der Waals surface area contributed by atoms with Crippen molar-refractivity contribution in [1.82, 2.24) is 0 Å². The van der Waals surface area contributed by atoms with Crippen LogP contribution in [0, 0.1) is 0 Å². The molecule has 0 saturated carbocycles. The molecule has 0 radical (unpaired) electrons. The minimum absolute atomic E-state index is 0.194. The summed E-state index contributed by atoms with van der Waals surface area (Å²) in [5.41, 5.74) is 0. The molecular weight excluding hydrogens is 146 g/mol. The van der Waals surface area contributed by atoms with Crippen molar-refractivity contribution in [2.24, 2.45) is 4.99 Å². The second-order valence-electron chi connectivity index (χ2n) is 2.51. The first-order valence-corrected chi connectivity index (χ1v) is 3.94. The number of aliphatic imine (C=N–C) groups is 1. The summed E-state index contributed by atoms with van der Waals surface area (Å²) in [6, 6.07) is 0.194. The number of thiocarbonyl (C=S) groups is 1. The van der Waals surface area contributed by atoms with E-state index in [1.54, 1.807) is 0 Å². The van der Waals surface area contributed by atoms with Gasteiger partial charge in [-0.05, 0) is 32.0 Å². The van der Waals surface area contributed by atoms with E-state index >= 15 is 0 Å². The predicted octanol–water partition coefficient (Wildman–Crippen LogP) is 1.66. The van der Waals surface area contributed by atoms with E-state index in [4.69, 9.17) is 4.74 Å². The molecule has 2 atom stereocenters. The van der Waals surface area contributed by atoms with Gasteiger partial charge in [-0.25, -0.2) is 4.99 Å². The molecule has 1 aliphatic rings.